The summed E-state index contributed by atoms with van der Waals surface area (Å²) in [6.07, 6.45) is 5.49. The second-order valence-electron chi connectivity index (χ2n) is 5.91. The Hall–Kier alpha value is -0.900. The normalized spacial score (nSPS) is 27.4. The molecule has 2 atom stereocenters. The molecule has 0 amide bonds. The molecule has 4 heteroatoms. The number of halogens is 2. The molecule has 0 spiro atoms. The van der Waals surface area contributed by atoms with E-state index in [9.17, 15) is 8.78 Å². The summed E-state index contributed by atoms with van der Waals surface area (Å²) in [5.74, 6) is 0.646. The summed E-state index contributed by atoms with van der Waals surface area (Å²) in [5, 5.41) is 3.34. The lowest BCUT2D eigenvalue weighted by molar-refractivity contribution is 0.151. The number of alkyl halides is 1. The van der Waals surface area contributed by atoms with Gasteiger partial charge in [0.2, 0.25) is 0 Å². The molecule has 114 valence electrons. The van der Waals surface area contributed by atoms with Gasteiger partial charge in [0.1, 0.15) is 24.4 Å². The van der Waals surface area contributed by atoms with Crippen LogP contribution in [0.3, 0.4) is 0 Å². The maximum Gasteiger partial charge on any atom is 0.138 e. The Bertz CT molecular complexity index is 379. The van der Waals surface area contributed by atoms with Gasteiger partial charge < -0.3 is 10.1 Å². The maximum absolute atomic E-state index is 13.4. The Balaban J connectivity index is 1.58. The molecule has 2 aliphatic rings. The fourth-order valence-electron chi connectivity index (χ4n) is 2.73. The molecule has 0 fully saturated rings. The van der Waals surface area contributed by atoms with Crippen LogP contribution in [0.1, 0.15) is 45.4 Å². The highest BCUT2D eigenvalue weighted by Gasteiger charge is 2.21. The van der Waals surface area contributed by atoms with Crippen molar-refractivity contribution in [3.63, 3.8) is 0 Å². The SMILES string of the molecule is CC1=CCC(CNCCOC2=C(F)CCC(F)C2)CC1. The first-order chi connectivity index (χ1) is 9.65. The largest absolute Gasteiger partial charge is 0.494 e. The van der Waals surface area contributed by atoms with Crippen LogP contribution in [-0.2, 0) is 4.74 Å². The predicted octanol–water partition coefficient (Wildman–Crippen LogP) is 4.04. The Labute approximate surface area is 120 Å². The van der Waals surface area contributed by atoms with Gasteiger partial charge in [-0.3, -0.25) is 0 Å². The summed E-state index contributed by atoms with van der Waals surface area (Å²) in [6, 6.07) is 0. The van der Waals surface area contributed by atoms with Crippen LogP contribution in [0, 0.1) is 5.92 Å². The minimum Gasteiger partial charge on any atom is -0.494 e. The molecule has 2 unspecified atom stereocenters. The van der Waals surface area contributed by atoms with Crippen molar-refractivity contribution in [1.29, 1.82) is 0 Å². The number of allylic oxidation sites excluding steroid dienone is 4. The molecule has 0 aromatic rings. The van der Waals surface area contributed by atoms with Crippen LogP contribution in [0.5, 0.6) is 0 Å². The summed E-state index contributed by atoms with van der Waals surface area (Å²) in [4.78, 5) is 0. The van der Waals surface area contributed by atoms with Crippen LogP contribution in [0.15, 0.2) is 23.2 Å². The Morgan fingerprint density at radius 1 is 1.35 bits per heavy atom. The van der Waals surface area contributed by atoms with Crippen molar-refractivity contribution in [2.75, 3.05) is 19.7 Å². The molecule has 0 aliphatic heterocycles. The van der Waals surface area contributed by atoms with E-state index in [1.807, 2.05) is 0 Å². The Morgan fingerprint density at radius 3 is 2.95 bits per heavy atom. The van der Waals surface area contributed by atoms with Crippen LogP contribution < -0.4 is 5.32 Å². The number of nitrogens with one attached hydrogen (secondary N) is 1. The van der Waals surface area contributed by atoms with Gasteiger partial charge in [-0.1, -0.05) is 11.6 Å². The van der Waals surface area contributed by atoms with Crippen molar-refractivity contribution >= 4 is 0 Å². The van der Waals surface area contributed by atoms with Crippen molar-refractivity contribution in [2.45, 2.75) is 51.6 Å². The molecule has 0 radical (unpaired) electrons. The number of hydrogen-bond donors (Lipinski definition) is 1. The van der Waals surface area contributed by atoms with Crippen molar-refractivity contribution < 1.29 is 13.5 Å². The summed E-state index contributed by atoms with van der Waals surface area (Å²) in [7, 11) is 0. The third-order valence-electron chi connectivity index (χ3n) is 4.12. The maximum atomic E-state index is 13.4. The topological polar surface area (TPSA) is 21.3 Å². The Kier molecular flexibility index (Phi) is 6.02. The van der Waals surface area contributed by atoms with Crippen LogP contribution in [-0.4, -0.2) is 25.9 Å². The summed E-state index contributed by atoms with van der Waals surface area (Å²) < 4.78 is 31.9. The molecule has 1 N–H and O–H groups in total. The van der Waals surface area contributed by atoms with Gasteiger partial charge in [-0.05, 0) is 45.1 Å². The molecule has 0 aromatic carbocycles. The van der Waals surface area contributed by atoms with Gasteiger partial charge in [0.25, 0.3) is 0 Å². The summed E-state index contributed by atoms with van der Waals surface area (Å²) >= 11 is 0. The highest BCUT2D eigenvalue weighted by Crippen LogP contribution is 2.28. The van der Waals surface area contributed by atoms with E-state index in [-0.39, 0.29) is 30.8 Å². The van der Waals surface area contributed by atoms with Crippen molar-refractivity contribution in [3.05, 3.63) is 23.2 Å². The van der Waals surface area contributed by atoms with Crippen molar-refractivity contribution in [3.8, 4) is 0 Å². The van der Waals surface area contributed by atoms with Crippen LogP contribution in [0.2, 0.25) is 0 Å². The average Bonchev–Trinajstić information content (AvgIpc) is 2.44. The molecule has 20 heavy (non-hydrogen) atoms. The first-order valence-corrected chi connectivity index (χ1v) is 7.66. The number of ether oxygens (including phenoxy) is 1. The smallest absolute Gasteiger partial charge is 0.138 e. The second-order valence-corrected chi connectivity index (χ2v) is 5.91. The van der Waals surface area contributed by atoms with E-state index in [0.29, 0.717) is 19.1 Å². The third-order valence-corrected chi connectivity index (χ3v) is 4.12. The van der Waals surface area contributed by atoms with E-state index in [1.165, 1.54) is 18.4 Å². The predicted molar refractivity (Wildman–Crippen MR) is 76.8 cm³/mol. The standard InChI is InChI=1S/C16H25F2NO/c1-12-2-4-13(5-3-12)11-19-8-9-20-16-10-14(17)6-7-15(16)18/h2,13-14,19H,3-11H2,1H3. The first kappa shape index (κ1) is 15.5. The van der Waals surface area contributed by atoms with E-state index in [1.54, 1.807) is 0 Å². The van der Waals surface area contributed by atoms with E-state index < -0.39 is 6.17 Å². The van der Waals surface area contributed by atoms with E-state index in [0.717, 1.165) is 13.0 Å². The fraction of sp³-hybridized carbons (Fsp3) is 0.750. The lowest BCUT2D eigenvalue weighted by Crippen LogP contribution is -2.27. The molecular formula is C16H25F2NO. The number of hydrogen-bond acceptors (Lipinski definition) is 2. The molecule has 0 saturated heterocycles. The van der Waals surface area contributed by atoms with Crippen LogP contribution in [0.25, 0.3) is 0 Å². The zero-order valence-electron chi connectivity index (χ0n) is 12.3. The quantitative estimate of drug-likeness (QED) is 0.587. The lowest BCUT2D eigenvalue weighted by atomic mass is 9.90. The van der Waals surface area contributed by atoms with E-state index >= 15 is 0 Å². The minimum absolute atomic E-state index is 0.0958. The van der Waals surface area contributed by atoms with Crippen LogP contribution >= 0.6 is 0 Å². The van der Waals surface area contributed by atoms with Gasteiger partial charge in [0.05, 0.1) is 0 Å². The van der Waals surface area contributed by atoms with Gasteiger partial charge in [0.15, 0.2) is 0 Å². The van der Waals surface area contributed by atoms with Gasteiger partial charge in [-0.2, -0.15) is 0 Å². The highest BCUT2D eigenvalue weighted by atomic mass is 19.1. The lowest BCUT2D eigenvalue weighted by Gasteiger charge is -2.21. The molecule has 2 aliphatic carbocycles. The molecule has 2 nitrogen and oxygen atoms in total. The van der Waals surface area contributed by atoms with Gasteiger partial charge in [-0.15, -0.1) is 0 Å². The molecule has 0 saturated carbocycles. The molecule has 0 heterocycles. The number of rotatable bonds is 6. The fourth-order valence-corrected chi connectivity index (χ4v) is 2.73. The molecule has 0 aromatic heterocycles. The third kappa shape index (κ3) is 4.89. The summed E-state index contributed by atoms with van der Waals surface area (Å²) in [5.41, 5.74) is 1.49. The van der Waals surface area contributed by atoms with E-state index in [4.69, 9.17) is 4.74 Å². The van der Waals surface area contributed by atoms with Crippen molar-refractivity contribution in [2.24, 2.45) is 5.92 Å². The van der Waals surface area contributed by atoms with Gasteiger partial charge >= 0.3 is 0 Å². The first-order valence-electron chi connectivity index (χ1n) is 7.66. The highest BCUT2D eigenvalue weighted by molar-refractivity contribution is 5.06. The molecular weight excluding hydrogens is 260 g/mol. The Morgan fingerprint density at radius 2 is 2.20 bits per heavy atom. The van der Waals surface area contributed by atoms with Gasteiger partial charge in [-0.25, -0.2) is 8.78 Å². The zero-order valence-corrected chi connectivity index (χ0v) is 12.3. The van der Waals surface area contributed by atoms with Gasteiger partial charge in [0, 0.05) is 19.4 Å². The van der Waals surface area contributed by atoms with Crippen molar-refractivity contribution in [1.82, 2.24) is 5.32 Å². The van der Waals surface area contributed by atoms with Crippen LogP contribution in [0.4, 0.5) is 8.78 Å². The molecule has 0 bridgehead atoms. The zero-order chi connectivity index (χ0) is 14.4. The second kappa shape index (κ2) is 7.77. The summed E-state index contributed by atoms with van der Waals surface area (Å²) in [6.45, 7) is 4.26. The monoisotopic (exact) mass is 285 g/mol. The van der Waals surface area contributed by atoms with E-state index in [2.05, 4.69) is 18.3 Å². The average molecular weight is 285 g/mol. The minimum atomic E-state index is -0.949. The molecule has 2 rings (SSSR count).